The molecule has 22 heavy (non-hydrogen) atoms. The van der Waals surface area contributed by atoms with Crippen molar-refractivity contribution in [3.63, 3.8) is 0 Å². The summed E-state index contributed by atoms with van der Waals surface area (Å²) in [7, 11) is 0. The van der Waals surface area contributed by atoms with Crippen molar-refractivity contribution in [1.29, 1.82) is 0 Å². The molecule has 0 unspecified atom stereocenters. The molecular weight excluding hydrogens is 320 g/mol. The normalized spacial score (nSPS) is 20.5. The number of thiophene rings is 1. The Kier molecular flexibility index (Phi) is 3.60. The van der Waals surface area contributed by atoms with Crippen LogP contribution in [0.4, 0.5) is 0 Å². The molecule has 2 aliphatic heterocycles. The van der Waals surface area contributed by atoms with Crippen molar-refractivity contribution in [3.05, 3.63) is 68.3 Å². The quantitative estimate of drug-likeness (QED) is 0.782. The molecule has 1 aromatic carbocycles. The van der Waals surface area contributed by atoms with Crippen LogP contribution in [0.2, 0.25) is 5.02 Å². The summed E-state index contributed by atoms with van der Waals surface area (Å²) in [6, 6.07) is 8.18. The summed E-state index contributed by atoms with van der Waals surface area (Å²) in [6.07, 6.45) is 3.68. The molecule has 4 rings (SSSR count). The summed E-state index contributed by atoms with van der Waals surface area (Å²) in [5.41, 5.74) is 3.64. The zero-order chi connectivity index (χ0) is 15.1. The third kappa shape index (κ3) is 2.41. The minimum Gasteiger partial charge on any atom is -0.454 e. The predicted octanol–water partition coefficient (Wildman–Crippen LogP) is 4.89. The van der Waals surface area contributed by atoms with E-state index in [-0.39, 0.29) is 12.4 Å². The van der Waals surface area contributed by atoms with Crippen molar-refractivity contribution < 1.29 is 14.2 Å². The lowest BCUT2D eigenvalue weighted by atomic mass is 9.93. The third-order valence-corrected chi connectivity index (χ3v) is 5.32. The van der Waals surface area contributed by atoms with Gasteiger partial charge in [0, 0.05) is 9.90 Å². The fraction of sp³-hybridized carbons (Fsp3) is 0.294. The van der Waals surface area contributed by atoms with Gasteiger partial charge in [0.15, 0.2) is 0 Å². The molecule has 2 aliphatic rings. The van der Waals surface area contributed by atoms with Crippen LogP contribution in [0.1, 0.15) is 38.8 Å². The van der Waals surface area contributed by atoms with Crippen LogP contribution >= 0.6 is 22.9 Å². The van der Waals surface area contributed by atoms with E-state index in [1.54, 1.807) is 23.9 Å². The topological polar surface area (TPSA) is 27.7 Å². The van der Waals surface area contributed by atoms with Gasteiger partial charge in [-0.15, -0.1) is 11.3 Å². The van der Waals surface area contributed by atoms with Gasteiger partial charge in [-0.3, -0.25) is 0 Å². The van der Waals surface area contributed by atoms with Crippen molar-refractivity contribution in [3.8, 4) is 0 Å². The maximum atomic E-state index is 6.18. The number of benzene rings is 1. The molecule has 0 aliphatic carbocycles. The van der Waals surface area contributed by atoms with E-state index in [9.17, 15) is 0 Å². The molecule has 5 heteroatoms. The molecule has 0 N–H and O–H groups in total. The first-order chi connectivity index (χ1) is 10.7. The summed E-state index contributed by atoms with van der Waals surface area (Å²) >= 11 is 7.86. The van der Waals surface area contributed by atoms with Crippen molar-refractivity contribution in [2.24, 2.45) is 0 Å². The average Bonchev–Trinajstić information content (AvgIpc) is 3.16. The molecule has 0 spiro atoms. The molecule has 3 heterocycles. The van der Waals surface area contributed by atoms with Crippen molar-refractivity contribution in [1.82, 2.24) is 0 Å². The first kappa shape index (κ1) is 14.1. The lowest BCUT2D eigenvalue weighted by Crippen LogP contribution is -2.17. The van der Waals surface area contributed by atoms with E-state index < -0.39 is 0 Å². The fourth-order valence-corrected chi connectivity index (χ4v) is 4.15. The van der Waals surface area contributed by atoms with Crippen LogP contribution in [0.15, 0.2) is 36.8 Å². The molecule has 1 aromatic heterocycles. The van der Waals surface area contributed by atoms with E-state index >= 15 is 0 Å². The molecule has 0 amide bonds. The van der Waals surface area contributed by atoms with Crippen LogP contribution in [0, 0.1) is 6.92 Å². The van der Waals surface area contributed by atoms with Gasteiger partial charge in [0.05, 0.1) is 11.5 Å². The highest BCUT2D eigenvalue weighted by Crippen LogP contribution is 2.41. The molecule has 0 saturated carbocycles. The molecule has 2 aromatic rings. The second kappa shape index (κ2) is 5.61. The Balaban J connectivity index is 1.72. The van der Waals surface area contributed by atoms with Gasteiger partial charge in [0.2, 0.25) is 0 Å². The van der Waals surface area contributed by atoms with Gasteiger partial charge in [-0.2, -0.15) is 0 Å². The maximum absolute atomic E-state index is 6.18. The van der Waals surface area contributed by atoms with Crippen LogP contribution < -0.4 is 0 Å². The molecule has 0 bridgehead atoms. The lowest BCUT2D eigenvalue weighted by molar-refractivity contribution is -0.0218. The second-order valence-corrected chi connectivity index (χ2v) is 7.10. The van der Waals surface area contributed by atoms with Gasteiger partial charge in [-0.25, -0.2) is 0 Å². The summed E-state index contributed by atoms with van der Waals surface area (Å²) in [5, 5.41) is 0.744. The molecule has 0 fully saturated rings. The molecule has 0 saturated heterocycles. The largest absolute Gasteiger partial charge is 0.454 e. The highest BCUT2D eigenvalue weighted by molar-refractivity contribution is 7.12. The Bertz CT molecular complexity index is 730. The Morgan fingerprint density at radius 2 is 1.95 bits per heavy atom. The van der Waals surface area contributed by atoms with E-state index in [0.29, 0.717) is 0 Å². The van der Waals surface area contributed by atoms with Crippen LogP contribution in [0.25, 0.3) is 0 Å². The SMILES string of the molecule is Cc1sc(C2OC=CO2)cc1[C@@H]1OCCc2ccc(Cl)cc21. The van der Waals surface area contributed by atoms with Crippen LogP contribution in [0.3, 0.4) is 0 Å². The molecular formula is C17H15ClO3S. The Morgan fingerprint density at radius 1 is 1.14 bits per heavy atom. The van der Waals surface area contributed by atoms with E-state index in [2.05, 4.69) is 19.1 Å². The molecule has 3 nitrogen and oxygen atoms in total. The number of rotatable bonds is 2. The molecule has 0 radical (unpaired) electrons. The number of halogens is 1. The first-order valence-electron chi connectivity index (χ1n) is 7.18. The van der Waals surface area contributed by atoms with E-state index in [4.69, 9.17) is 25.8 Å². The van der Waals surface area contributed by atoms with Crippen molar-refractivity contribution >= 4 is 22.9 Å². The molecule has 114 valence electrons. The first-order valence-corrected chi connectivity index (χ1v) is 8.38. The zero-order valence-corrected chi connectivity index (χ0v) is 13.6. The second-order valence-electron chi connectivity index (χ2n) is 5.38. The Hall–Kier alpha value is -1.49. The van der Waals surface area contributed by atoms with Crippen LogP contribution in [0.5, 0.6) is 0 Å². The van der Waals surface area contributed by atoms with Crippen LogP contribution in [-0.2, 0) is 20.6 Å². The lowest BCUT2D eigenvalue weighted by Gasteiger charge is -2.26. The third-order valence-electron chi connectivity index (χ3n) is 4.00. The van der Waals surface area contributed by atoms with E-state index in [0.717, 1.165) is 28.5 Å². The highest BCUT2D eigenvalue weighted by Gasteiger charge is 2.28. The fourth-order valence-electron chi connectivity index (χ4n) is 2.94. The van der Waals surface area contributed by atoms with Gasteiger partial charge in [-0.05, 0) is 48.2 Å². The summed E-state index contributed by atoms with van der Waals surface area (Å²) in [6.45, 7) is 2.83. The number of fused-ring (bicyclic) bond motifs is 1. The number of hydrogen-bond acceptors (Lipinski definition) is 4. The molecule has 1 atom stereocenters. The minimum absolute atomic E-state index is 0.0678. The summed E-state index contributed by atoms with van der Waals surface area (Å²) in [5.74, 6) is 0. The zero-order valence-electron chi connectivity index (χ0n) is 12.0. The van der Waals surface area contributed by atoms with Gasteiger partial charge in [0.1, 0.15) is 18.6 Å². The Labute approximate surface area is 138 Å². The maximum Gasteiger partial charge on any atom is 0.275 e. The summed E-state index contributed by atoms with van der Waals surface area (Å²) in [4.78, 5) is 2.27. The van der Waals surface area contributed by atoms with Gasteiger partial charge in [0.25, 0.3) is 6.29 Å². The number of aryl methyl sites for hydroxylation is 1. The summed E-state index contributed by atoms with van der Waals surface area (Å²) < 4.78 is 16.9. The standard InChI is InChI=1S/C17H15ClO3S/c1-10-13(9-15(22-10)17-20-6-7-21-17)16-14-8-12(18)3-2-11(14)4-5-19-16/h2-3,6-9,16-17H,4-5H2,1H3/t16-/m0/s1. The van der Waals surface area contributed by atoms with Gasteiger partial charge >= 0.3 is 0 Å². The van der Waals surface area contributed by atoms with Crippen molar-refractivity contribution in [2.75, 3.05) is 6.61 Å². The van der Waals surface area contributed by atoms with Gasteiger partial charge < -0.3 is 14.2 Å². The average molecular weight is 335 g/mol. The highest BCUT2D eigenvalue weighted by atomic mass is 35.5. The smallest absolute Gasteiger partial charge is 0.275 e. The van der Waals surface area contributed by atoms with E-state index in [1.807, 2.05) is 12.1 Å². The van der Waals surface area contributed by atoms with Crippen molar-refractivity contribution in [2.45, 2.75) is 25.7 Å². The predicted molar refractivity (Wildman–Crippen MR) is 86.1 cm³/mol. The van der Waals surface area contributed by atoms with E-state index in [1.165, 1.54) is 16.0 Å². The Morgan fingerprint density at radius 3 is 2.77 bits per heavy atom. The number of hydrogen-bond donors (Lipinski definition) is 0. The van der Waals surface area contributed by atoms with Crippen LogP contribution in [-0.4, -0.2) is 6.61 Å². The monoisotopic (exact) mass is 334 g/mol. The van der Waals surface area contributed by atoms with Gasteiger partial charge in [-0.1, -0.05) is 17.7 Å². The number of ether oxygens (including phenoxy) is 3. The minimum atomic E-state index is -0.333.